The van der Waals surface area contributed by atoms with Gasteiger partial charge in [-0.2, -0.15) is 0 Å². The first kappa shape index (κ1) is 10.5. The molecule has 13 heavy (non-hydrogen) atoms. The number of carbonyl (C=O) groups is 1. The van der Waals surface area contributed by atoms with E-state index in [-0.39, 0.29) is 0 Å². The van der Waals surface area contributed by atoms with E-state index in [9.17, 15) is 4.79 Å². The summed E-state index contributed by atoms with van der Waals surface area (Å²) in [7, 11) is 0. The molecule has 0 aliphatic heterocycles. The van der Waals surface area contributed by atoms with Crippen molar-refractivity contribution >= 4 is 5.97 Å². The van der Waals surface area contributed by atoms with Crippen LogP contribution in [-0.4, -0.2) is 22.7 Å². The minimum atomic E-state index is -0.734. The molecule has 0 spiro atoms. The van der Waals surface area contributed by atoms with Crippen LogP contribution in [0.3, 0.4) is 0 Å². The van der Waals surface area contributed by atoms with Gasteiger partial charge in [-0.1, -0.05) is 19.8 Å². The van der Waals surface area contributed by atoms with E-state index < -0.39 is 11.5 Å². The Bertz CT molecular complexity index is 187. The number of hydrogen-bond donors (Lipinski definition) is 2. The fourth-order valence-corrected chi connectivity index (χ4v) is 1.84. The van der Waals surface area contributed by atoms with Crippen molar-refractivity contribution in [3.05, 3.63) is 0 Å². The van der Waals surface area contributed by atoms with Crippen molar-refractivity contribution in [1.29, 1.82) is 0 Å². The van der Waals surface area contributed by atoms with E-state index >= 15 is 0 Å². The lowest BCUT2D eigenvalue weighted by Crippen LogP contribution is -2.52. The quantitative estimate of drug-likeness (QED) is 0.701. The van der Waals surface area contributed by atoms with Gasteiger partial charge in [0.25, 0.3) is 0 Å². The van der Waals surface area contributed by atoms with E-state index in [1.165, 1.54) is 12.8 Å². The van der Waals surface area contributed by atoms with E-state index in [1.807, 2.05) is 6.92 Å². The van der Waals surface area contributed by atoms with Crippen molar-refractivity contribution in [3.63, 3.8) is 0 Å². The Morgan fingerprint density at radius 2 is 2.08 bits per heavy atom. The maximum absolute atomic E-state index is 11.0. The second-order valence-electron chi connectivity index (χ2n) is 4.12. The van der Waals surface area contributed by atoms with E-state index in [2.05, 4.69) is 5.32 Å². The summed E-state index contributed by atoms with van der Waals surface area (Å²) in [4.78, 5) is 11.0. The van der Waals surface area contributed by atoms with Crippen LogP contribution in [0.1, 0.15) is 46.0 Å². The van der Waals surface area contributed by atoms with Gasteiger partial charge in [0.05, 0.1) is 0 Å². The molecule has 1 aliphatic carbocycles. The van der Waals surface area contributed by atoms with Gasteiger partial charge >= 0.3 is 5.97 Å². The highest BCUT2D eigenvalue weighted by atomic mass is 16.4. The molecule has 1 aliphatic rings. The highest BCUT2D eigenvalue weighted by Gasteiger charge is 2.33. The monoisotopic (exact) mass is 185 g/mol. The van der Waals surface area contributed by atoms with E-state index in [4.69, 9.17) is 5.11 Å². The molecule has 0 heterocycles. The lowest BCUT2D eigenvalue weighted by molar-refractivity contribution is -0.144. The molecule has 1 fully saturated rings. The number of rotatable bonds is 4. The van der Waals surface area contributed by atoms with Crippen LogP contribution in [0.4, 0.5) is 0 Å². The third-order valence-corrected chi connectivity index (χ3v) is 3.06. The second kappa shape index (κ2) is 4.09. The molecule has 1 rings (SSSR count). The molecule has 0 bridgehead atoms. The highest BCUT2D eigenvalue weighted by molar-refractivity contribution is 5.78. The van der Waals surface area contributed by atoms with Crippen LogP contribution >= 0.6 is 0 Å². The molecule has 0 aromatic carbocycles. The van der Waals surface area contributed by atoms with E-state index in [0.717, 1.165) is 12.8 Å². The summed E-state index contributed by atoms with van der Waals surface area (Å²) in [5, 5.41) is 12.3. The van der Waals surface area contributed by atoms with Gasteiger partial charge in [0.15, 0.2) is 0 Å². The Hall–Kier alpha value is -0.570. The lowest BCUT2D eigenvalue weighted by Gasteiger charge is -2.28. The fraction of sp³-hybridized carbons (Fsp3) is 0.900. The van der Waals surface area contributed by atoms with Gasteiger partial charge < -0.3 is 5.11 Å². The van der Waals surface area contributed by atoms with Crippen LogP contribution < -0.4 is 5.32 Å². The molecule has 0 amide bonds. The highest BCUT2D eigenvalue weighted by Crippen LogP contribution is 2.21. The van der Waals surface area contributed by atoms with Gasteiger partial charge in [-0.25, -0.2) is 0 Å². The number of carboxylic acids is 1. The summed E-state index contributed by atoms with van der Waals surface area (Å²) >= 11 is 0. The van der Waals surface area contributed by atoms with Crippen molar-refractivity contribution in [2.24, 2.45) is 0 Å². The van der Waals surface area contributed by atoms with Gasteiger partial charge in [0.1, 0.15) is 5.54 Å². The molecule has 3 heteroatoms. The Balaban J connectivity index is 2.51. The van der Waals surface area contributed by atoms with Gasteiger partial charge in [-0.15, -0.1) is 0 Å². The Labute approximate surface area is 79.5 Å². The van der Waals surface area contributed by atoms with Crippen molar-refractivity contribution in [1.82, 2.24) is 5.32 Å². The average Bonchev–Trinajstić information content (AvgIpc) is 2.56. The Morgan fingerprint density at radius 3 is 2.46 bits per heavy atom. The summed E-state index contributed by atoms with van der Waals surface area (Å²) < 4.78 is 0. The van der Waals surface area contributed by atoms with Crippen LogP contribution in [0.25, 0.3) is 0 Å². The molecule has 1 unspecified atom stereocenters. The minimum Gasteiger partial charge on any atom is -0.480 e. The van der Waals surface area contributed by atoms with Crippen LogP contribution in [0.2, 0.25) is 0 Å². The van der Waals surface area contributed by atoms with E-state index in [1.54, 1.807) is 6.92 Å². The molecule has 0 aromatic rings. The third-order valence-electron chi connectivity index (χ3n) is 3.06. The fourth-order valence-electron chi connectivity index (χ4n) is 1.84. The summed E-state index contributed by atoms with van der Waals surface area (Å²) in [6.07, 6.45) is 5.36. The van der Waals surface area contributed by atoms with E-state index in [0.29, 0.717) is 12.5 Å². The lowest BCUT2D eigenvalue weighted by atomic mass is 9.97. The topological polar surface area (TPSA) is 49.3 Å². The first-order valence-corrected chi connectivity index (χ1v) is 5.09. The number of hydrogen-bond acceptors (Lipinski definition) is 2. The summed E-state index contributed by atoms with van der Waals surface area (Å²) in [6.45, 7) is 3.68. The molecule has 0 saturated heterocycles. The zero-order chi connectivity index (χ0) is 9.90. The first-order chi connectivity index (χ1) is 6.08. The summed E-state index contributed by atoms with van der Waals surface area (Å²) in [5.74, 6) is -0.734. The number of nitrogens with one attached hydrogen (secondary N) is 1. The SMILES string of the molecule is CCC(C)(NC1CCCC1)C(=O)O. The second-order valence-corrected chi connectivity index (χ2v) is 4.12. The van der Waals surface area contributed by atoms with Crippen molar-refractivity contribution in [2.45, 2.75) is 57.5 Å². The normalized spacial score (nSPS) is 22.9. The first-order valence-electron chi connectivity index (χ1n) is 5.09. The van der Waals surface area contributed by atoms with Crippen LogP contribution in [0, 0.1) is 0 Å². The number of aliphatic carboxylic acids is 1. The zero-order valence-electron chi connectivity index (χ0n) is 8.47. The predicted octanol–water partition coefficient (Wildman–Crippen LogP) is 1.77. The van der Waals surface area contributed by atoms with Crippen molar-refractivity contribution in [3.8, 4) is 0 Å². The molecule has 3 nitrogen and oxygen atoms in total. The summed E-state index contributed by atoms with van der Waals surface area (Å²) in [5.41, 5.74) is -0.727. The molecular formula is C10H19NO2. The van der Waals surface area contributed by atoms with Gasteiger partial charge in [-0.05, 0) is 26.2 Å². The molecule has 1 atom stereocenters. The summed E-state index contributed by atoms with van der Waals surface area (Å²) in [6, 6.07) is 0.418. The smallest absolute Gasteiger partial charge is 0.323 e. The predicted molar refractivity (Wildman–Crippen MR) is 51.7 cm³/mol. The average molecular weight is 185 g/mol. The largest absolute Gasteiger partial charge is 0.480 e. The van der Waals surface area contributed by atoms with Crippen LogP contribution in [-0.2, 0) is 4.79 Å². The van der Waals surface area contributed by atoms with Gasteiger partial charge in [0, 0.05) is 6.04 Å². The standard InChI is InChI=1S/C10H19NO2/c1-3-10(2,9(12)13)11-8-6-4-5-7-8/h8,11H,3-7H2,1-2H3,(H,12,13). The minimum absolute atomic E-state index is 0.418. The Kier molecular flexibility index (Phi) is 3.31. The van der Waals surface area contributed by atoms with Crippen LogP contribution in [0.15, 0.2) is 0 Å². The Morgan fingerprint density at radius 1 is 1.54 bits per heavy atom. The van der Waals surface area contributed by atoms with Gasteiger partial charge in [-0.3, -0.25) is 10.1 Å². The zero-order valence-corrected chi connectivity index (χ0v) is 8.47. The molecular weight excluding hydrogens is 166 g/mol. The molecule has 2 N–H and O–H groups in total. The van der Waals surface area contributed by atoms with Crippen LogP contribution in [0.5, 0.6) is 0 Å². The third kappa shape index (κ3) is 2.44. The molecule has 1 saturated carbocycles. The van der Waals surface area contributed by atoms with Crippen molar-refractivity contribution < 1.29 is 9.90 Å². The van der Waals surface area contributed by atoms with Gasteiger partial charge in [0.2, 0.25) is 0 Å². The van der Waals surface area contributed by atoms with Crippen molar-refractivity contribution in [2.75, 3.05) is 0 Å². The molecule has 76 valence electrons. The maximum atomic E-state index is 11.0. The molecule has 0 aromatic heterocycles. The number of carboxylic acid groups (broad SMARTS) is 1. The maximum Gasteiger partial charge on any atom is 0.323 e. The molecule has 0 radical (unpaired) electrons.